The lowest BCUT2D eigenvalue weighted by Gasteiger charge is -2.22. The summed E-state index contributed by atoms with van der Waals surface area (Å²) in [4.78, 5) is 16.2. The summed E-state index contributed by atoms with van der Waals surface area (Å²) in [5, 5.41) is 6.06. The second-order valence-electron chi connectivity index (χ2n) is 4.56. The average Bonchev–Trinajstić information content (AvgIpc) is 2.42. The fourth-order valence-corrected chi connectivity index (χ4v) is 3.32. The number of nitrogens with one attached hydrogen (secondary N) is 2. The molecule has 1 aromatic rings. The Kier molecular flexibility index (Phi) is 4.90. The van der Waals surface area contributed by atoms with Crippen molar-refractivity contribution < 1.29 is 9.00 Å². The molecule has 6 heteroatoms. The molecule has 1 aromatic heterocycles. The summed E-state index contributed by atoms with van der Waals surface area (Å²) in [5.74, 6) is 2.03. The van der Waals surface area contributed by atoms with E-state index in [1.807, 2.05) is 6.92 Å². The largest absolute Gasteiger partial charge is 0.370 e. The van der Waals surface area contributed by atoms with Crippen LogP contribution in [-0.4, -0.2) is 39.2 Å². The number of rotatable bonds is 4. The molecule has 104 valence electrons. The summed E-state index contributed by atoms with van der Waals surface area (Å²) in [7, 11) is -0.698. The van der Waals surface area contributed by atoms with Crippen LogP contribution in [0.4, 0.5) is 5.82 Å². The molecule has 2 N–H and O–H groups in total. The molecule has 0 spiro atoms. The third kappa shape index (κ3) is 4.02. The first-order chi connectivity index (χ1) is 9.19. The molecule has 0 saturated carbocycles. The number of anilines is 1. The van der Waals surface area contributed by atoms with E-state index in [1.165, 1.54) is 0 Å². The first-order valence-electron chi connectivity index (χ1n) is 6.55. The number of amides is 1. The highest BCUT2D eigenvalue weighted by Gasteiger charge is 2.20. The van der Waals surface area contributed by atoms with E-state index in [1.54, 1.807) is 18.3 Å². The van der Waals surface area contributed by atoms with E-state index in [9.17, 15) is 9.00 Å². The van der Waals surface area contributed by atoms with Gasteiger partial charge < -0.3 is 10.6 Å². The standard InChI is InChI=1S/C13H19N3O2S/c1-2-14-12-4-3-10(9-15-12)13(17)16-11-5-7-19(18)8-6-11/h3-4,9,11H,2,5-8H2,1H3,(H,14,15)(H,16,17). The van der Waals surface area contributed by atoms with Gasteiger partial charge in [-0.3, -0.25) is 9.00 Å². The first kappa shape index (κ1) is 14.0. The van der Waals surface area contributed by atoms with Gasteiger partial charge in [-0.25, -0.2) is 4.98 Å². The molecule has 0 aliphatic carbocycles. The Morgan fingerprint density at radius 3 is 2.74 bits per heavy atom. The maximum atomic E-state index is 12.0. The summed E-state index contributed by atoms with van der Waals surface area (Å²) < 4.78 is 11.2. The van der Waals surface area contributed by atoms with Crippen molar-refractivity contribution in [2.75, 3.05) is 23.4 Å². The number of aromatic nitrogens is 1. The second-order valence-corrected chi connectivity index (χ2v) is 6.25. The van der Waals surface area contributed by atoms with Crippen molar-refractivity contribution in [1.82, 2.24) is 10.3 Å². The third-order valence-electron chi connectivity index (χ3n) is 3.11. The third-order valence-corrected chi connectivity index (χ3v) is 4.49. The van der Waals surface area contributed by atoms with Crippen LogP contribution in [0.25, 0.3) is 0 Å². The molecule has 1 fully saturated rings. The Bertz CT molecular complexity index is 451. The van der Waals surface area contributed by atoms with Gasteiger partial charge in [-0.15, -0.1) is 0 Å². The Balaban J connectivity index is 1.90. The summed E-state index contributed by atoms with van der Waals surface area (Å²) in [5.41, 5.74) is 0.563. The molecule has 0 atom stereocenters. The zero-order chi connectivity index (χ0) is 13.7. The van der Waals surface area contributed by atoms with Crippen molar-refractivity contribution in [3.63, 3.8) is 0 Å². The number of hydrogen-bond acceptors (Lipinski definition) is 4. The molecule has 2 rings (SSSR count). The minimum Gasteiger partial charge on any atom is -0.370 e. The van der Waals surface area contributed by atoms with Gasteiger partial charge in [-0.2, -0.15) is 0 Å². The van der Waals surface area contributed by atoms with Crippen molar-refractivity contribution in [3.8, 4) is 0 Å². The number of carbonyl (C=O) groups is 1. The molecule has 0 radical (unpaired) electrons. The van der Waals surface area contributed by atoms with Gasteiger partial charge in [0.25, 0.3) is 5.91 Å². The van der Waals surface area contributed by atoms with Gasteiger partial charge in [0.1, 0.15) is 5.82 Å². The minimum atomic E-state index is -0.698. The number of nitrogens with zero attached hydrogens (tertiary/aromatic N) is 1. The van der Waals surface area contributed by atoms with Crippen LogP contribution < -0.4 is 10.6 Å². The van der Waals surface area contributed by atoms with E-state index in [0.29, 0.717) is 17.1 Å². The smallest absolute Gasteiger partial charge is 0.253 e. The van der Waals surface area contributed by atoms with E-state index >= 15 is 0 Å². The molecule has 1 amide bonds. The van der Waals surface area contributed by atoms with Crippen molar-refractivity contribution in [2.24, 2.45) is 0 Å². The fraction of sp³-hybridized carbons (Fsp3) is 0.538. The number of hydrogen-bond donors (Lipinski definition) is 2. The lowest BCUT2D eigenvalue weighted by Crippen LogP contribution is -2.39. The first-order valence-corrected chi connectivity index (χ1v) is 8.03. The van der Waals surface area contributed by atoms with Gasteiger partial charge in [0.2, 0.25) is 0 Å². The van der Waals surface area contributed by atoms with Gasteiger partial charge in [0.15, 0.2) is 0 Å². The summed E-state index contributed by atoms with van der Waals surface area (Å²) in [6.07, 6.45) is 3.16. The minimum absolute atomic E-state index is 0.103. The molecular formula is C13H19N3O2S. The van der Waals surface area contributed by atoms with Crippen LogP contribution in [0.1, 0.15) is 30.1 Å². The zero-order valence-corrected chi connectivity index (χ0v) is 11.8. The summed E-state index contributed by atoms with van der Waals surface area (Å²) in [6, 6.07) is 3.70. The van der Waals surface area contributed by atoms with Gasteiger partial charge >= 0.3 is 0 Å². The molecule has 19 heavy (non-hydrogen) atoms. The zero-order valence-electron chi connectivity index (χ0n) is 11.0. The Hall–Kier alpha value is -1.43. The predicted molar refractivity (Wildman–Crippen MR) is 76.8 cm³/mol. The van der Waals surface area contributed by atoms with Crippen LogP contribution in [0.15, 0.2) is 18.3 Å². The molecule has 5 nitrogen and oxygen atoms in total. The Morgan fingerprint density at radius 2 is 2.16 bits per heavy atom. The molecule has 1 saturated heterocycles. The van der Waals surface area contributed by atoms with Gasteiger partial charge in [0, 0.05) is 41.1 Å². The highest BCUT2D eigenvalue weighted by Crippen LogP contribution is 2.11. The lowest BCUT2D eigenvalue weighted by atomic mass is 10.1. The molecule has 2 heterocycles. The van der Waals surface area contributed by atoms with Crippen molar-refractivity contribution in [3.05, 3.63) is 23.9 Å². The van der Waals surface area contributed by atoms with Crippen LogP contribution in [0.2, 0.25) is 0 Å². The second kappa shape index (κ2) is 6.65. The van der Waals surface area contributed by atoms with Crippen LogP contribution >= 0.6 is 0 Å². The Morgan fingerprint density at radius 1 is 1.42 bits per heavy atom. The normalized spacial score (nSPS) is 22.8. The molecule has 0 bridgehead atoms. The number of carbonyl (C=O) groups excluding carboxylic acids is 1. The van der Waals surface area contributed by atoms with Gasteiger partial charge in [-0.1, -0.05) is 0 Å². The predicted octanol–water partition coefficient (Wildman–Crippen LogP) is 1.15. The molecule has 0 unspecified atom stereocenters. The van der Waals surface area contributed by atoms with Crippen LogP contribution in [0.5, 0.6) is 0 Å². The molecular weight excluding hydrogens is 262 g/mol. The van der Waals surface area contributed by atoms with Gasteiger partial charge in [-0.05, 0) is 31.9 Å². The average molecular weight is 281 g/mol. The van der Waals surface area contributed by atoms with Gasteiger partial charge in [0.05, 0.1) is 5.56 Å². The van der Waals surface area contributed by atoms with E-state index in [4.69, 9.17) is 0 Å². The van der Waals surface area contributed by atoms with Crippen molar-refractivity contribution >= 4 is 22.5 Å². The van der Waals surface area contributed by atoms with Crippen LogP contribution in [0.3, 0.4) is 0 Å². The molecule has 1 aliphatic rings. The lowest BCUT2D eigenvalue weighted by molar-refractivity contribution is 0.0934. The van der Waals surface area contributed by atoms with Crippen molar-refractivity contribution in [1.29, 1.82) is 0 Å². The van der Waals surface area contributed by atoms with E-state index in [-0.39, 0.29) is 11.9 Å². The SMILES string of the molecule is CCNc1ccc(C(=O)NC2CCS(=O)CC2)cn1. The quantitative estimate of drug-likeness (QED) is 0.868. The maximum Gasteiger partial charge on any atom is 0.253 e. The van der Waals surface area contributed by atoms with Crippen molar-refractivity contribution in [2.45, 2.75) is 25.8 Å². The highest BCUT2D eigenvalue weighted by molar-refractivity contribution is 7.85. The molecule has 1 aliphatic heterocycles. The number of pyridine rings is 1. The monoisotopic (exact) mass is 281 g/mol. The Labute approximate surface area is 115 Å². The summed E-state index contributed by atoms with van der Waals surface area (Å²) in [6.45, 7) is 2.80. The molecule has 0 aromatic carbocycles. The maximum absolute atomic E-state index is 12.0. The fourth-order valence-electron chi connectivity index (χ4n) is 2.02. The topological polar surface area (TPSA) is 71.1 Å². The van der Waals surface area contributed by atoms with Crippen LogP contribution in [0, 0.1) is 0 Å². The van der Waals surface area contributed by atoms with E-state index in [2.05, 4.69) is 15.6 Å². The highest BCUT2D eigenvalue weighted by atomic mass is 32.2. The van der Waals surface area contributed by atoms with Crippen LogP contribution in [-0.2, 0) is 10.8 Å². The van der Waals surface area contributed by atoms with E-state index < -0.39 is 10.8 Å². The van der Waals surface area contributed by atoms with E-state index in [0.717, 1.165) is 25.2 Å². The summed E-state index contributed by atoms with van der Waals surface area (Å²) >= 11 is 0.